The van der Waals surface area contributed by atoms with Crippen LogP contribution in [0.2, 0.25) is 5.02 Å². The molecule has 21 heavy (non-hydrogen) atoms. The average molecular weight is 414 g/mol. The Kier molecular flexibility index (Phi) is 5.33. The number of hydrogen-bond acceptors (Lipinski definition) is 1. The minimum atomic E-state index is -0.0278. The Labute approximate surface area is 146 Å². The summed E-state index contributed by atoms with van der Waals surface area (Å²) in [4.78, 5) is 0. The maximum absolute atomic E-state index is 6.31. The molecule has 0 radical (unpaired) electrons. The molecule has 0 aliphatic carbocycles. The minimum absolute atomic E-state index is 0.0278. The summed E-state index contributed by atoms with van der Waals surface area (Å²) in [6, 6.07) is 14.8. The first-order valence-electron chi connectivity index (χ1n) is 7.07. The van der Waals surface area contributed by atoms with Crippen LogP contribution >= 0.6 is 34.2 Å². The van der Waals surface area contributed by atoms with Crippen molar-refractivity contribution in [3.63, 3.8) is 0 Å². The van der Waals surface area contributed by atoms with Gasteiger partial charge in [0.1, 0.15) is 0 Å². The van der Waals surface area contributed by atoms with Crippen LogP contribution in [0.3, 0.4) is 0 Å². The van der Waals surface area contributed by atoms with Crippen LogP contribution in [0.4, 0.5) is 0 Å². The van der Waals surface area contributed by atoms with Crippen LogP contribution < -0.4 is 5.73 Å². The molecule has 0 spiro atoms. The predicted octanol–water partition coefficient (Wildman–Crippen LogP) is 5.48. The van der Waals surface area contributed by atoms with Gasteiger partial charge in [-0.2, -0.15) is 0 Å². The fourth-order valence-electron chi connectivity index (χ4n) is 2.26. The maximum atomic E-state index is 6.31. The quantitative estimate of drug-likeness (QED) is 0.662. The molecular weight excluding hydrogens is 393 g/mol. The van der Waals surface area contributed by atoms with Gasteiger partial charge in [0.05, 0.1) is 5.02 Å². The monoisotopic (exact) mass is 413 g/mol. The van der Waals surface area contributed by atoms with E-state index in [0.717, 1.165) is 20.6 Å². The van der Waals surface area contributed by atoms with E-state index in [2.05, 4.69) is 73.7 Å². The van der Waals surface area contributed by atoms with E-state index in [4.69, 9.17) is 17.3 Å². The van der Waals surface area contributed by atoms with Crippen molar-refractivity contribution in [2.45, 2.75) is 38.6 Å². The van der Waals surface area contributed by atoms with E-state index < -0.39 is 0 Å². The Morgan fingerprint density at radius 2 is 1.71 bits per heavy atom. The van der Waals surface area contributed by atoms with Gasteiger partial charge < -0.3 is 5.73 Å². The maximum Gasteiger partial charge on any atom is 0.0542 e. The smallest absolute Gasteiger partial charge is 0.0542 e. The summed E-state index contributed by atoms with van der Waals surface area (Å²) in [6.07, 6.45) is 0.821. The van der Waals surface area contributed by atoms with Crippen LogP contribution in [0.1, 0.15) is 43.5 Å². The van der Waals surface area contributed by atoms with E-state index in [1.165, 1.54) is 11.1 Å². The predicted molar refractivity (Wildman–Crippen MR) is 99.9 cm³/mol. The molecule has 112 valence electrons. The Bertz CT molecular complexity index is 614. The molecular formula is C18H21ClIN. The highest BCUT2D eigenvalue weighted by Gasteiger charge is 2.14. The summed E-state index contributed by atoms with van der Waals surface area (Å²) in [5.74, 6) is 0. The zero-order valence-electron chi connectivity index (χ0n) is 12.7. The van der Waals surface area contributed by atoms with Crippen LogP contribution in [-0.4, -0.2) is 0 Å². The Morgan fingerprint density at radius 3 is 2.24 bits per heavy atom. The molecule has 0 aliphatic heterocycles. The van der Waals surface area contributed by atoms with Crippen LogP contribution in [0.15, 0.2) is 42.5 Å². The van der Waals surface area contributed by atoms with Crippen molar-refractivity contribution in [1.82, 2.24) is 0 Å². The summed E-state index contributed by atoms with van der Waals surface area (Å²) in [5.41, 5.74) is 10.2. The molecule has 0 amide bonds. The lowest BCUT2D eigenvalue weighted by Gasteiger charge is -2.20. The minimum Gasteiger partial charge on any atom is -0.324 e. The van der Waals surface area contributed by atoms with E-state index in [-0.39, 0.29) is 11.5 Å². The molecule has 0 bridgehead atoms. The molecule has 1 nitrogen and oxygen atoms in total. The van der Waals surface area contributed by atoms with Crippen molar-refractivity contribution < 1.29 is 0 Å². The lowest BCUT2D eigenvalue weighted by molar-refractivity contribution is 0.589. The highest BCUT2D eigenvalue weighted by Crippen LogP contribution is 2.26. The van der Waals surface area contributed by atoms with Crippen LogP contribution in [0.5, 0.6) is 0 Å². The van der Waals surface area contributed by atoms with Gasteiger partial charge in [0.25, 0.3) is 0 Å². The summed E-state index contributed by atoms with van der Waals surface area (Å²) in [7, 11) is 0. The third-order valence-electron chi connectivity index (χ3n) is 3.65. The van der Waals surface area contributed by atoms with Crippen molar-refractivity contribution in [1.29, 1.82) is 0 Å². The Morgan fingerprint density at radius 1 is 1.10 bits per heavy atom. The van der Waals surface area contributed by atoms with Gasteiger partial charge in [0.15, 0.2) is 0 Å². The topological polar surface area (TPSA) is 26.0 Å². The molecule has 3 heteroatoms. The van der Waals surface area contributed by atoms with Gasteiger partial charge >= 0.3 is 0 Å². The van der Waals surface area contributed by atoms with Crippen molar-refractivity contribution in [3.8, 4) is 0 Å². The lowest BCUT2D eigenvalue weighted by Crippen LogP contribution is -2.14. The molecule has 1 unspecified atom stereocenters. The molecule has 0 aliphatic rings. The fraction of sp³-hybridized carbons (Fsp3) is 0.333. The zero-order chi connectivity index (χ0) is 15.6. The van der Waals surface area contributed by atoms with Gasteiger partial charge in [0, 0.05) is 9.61 Å². The summed E-state index contributed by atoms with van der Waals surface area (Å²) >= 11 is 8.40. The van der Waals surface area contributed by atoms with Crippen LogP contribution in [0, 0.1) is 3.57 Å². The first kappa shape index (κ1) is 16.8. The Hall–Kier alpha value is -0.580. The first-order chi connectivity index (χ1) is 9.77. The summed E-state index contributed by atoms with van der Waals surface area (Å²) in [6.45, 7) is 6.67. The van der Waals surface area contributed by atoms with E-state index in [0.29, 0.717) is 0 Å². The van der Waals surface area contributed by atoms with Gasteiger partial charge in [-0.1, -0.05) is 62.7 Å². The van der Waals surface area contributed by atoms with E-state index in [1.54, 1.807) is 0 Å². The van der Waals surface area contributed by atoms with Gasteiger partial charge in [-0.05, 0) is 63.2 Å². The number of halogens is 2. The van der Waals surface area contributed by atoms with E-state index >= 15 is 0 Å². The zero-order valence-corrected chi connectivity index (χ0v) is 15.6. The highest BCUT2D eigenvalue weighted by molar-refractivity contribution is 14.1. The van der Waals surface area contributed by atoms with Gasteiger partial charge in [-0.25, -0.2) is 0 Å². The molecule has 1 atom stereocenters. The lowest BCUT2D eigenvalue weighted by atomic mass is 9.86. The largest absolute Gasteiger partial charge is 0.324 e. The first-order valence-corrected chi connectivity index (χ1v) is 8.53. The third-order valence-corrected chi connectivity index (χ3v) is 5.22. The molecule has 0 saturated carbocycles. The molecule has 0 aromatic heterocycles. The highest BCUT2D eigenvalue weighted by atomic mass is 127. The number of benzene rings is 2. The van der Waals surface area contributed by atoms with E-state index in [9.17, 15) is 0 Å². The molecule has 2 N–H and O–H groups in total. The third kappa shape index (κ3) is 4.44. The number of rotatable bonds is 3. The van der Waals surface area contributed by atoms with E-state index in [1.807, 2.05) is 12.1 Å². The second-order valence-corrected chi connectivity index (χ2v) is 8.00. The summed E-state index contributed by atoms with van der Waals surface area (Å²) in [5, 5.41) is 0.770. The van der Waals surface area contributed by atoms with Crippen molar-refractivity contribution in [3.05, 3.63) is 67.7 Å². The van der Waals surface area contributed by atoms with Crippen molar-refractivity contribution in [2.75, 3.05) is 0 Å². The van der Waals surface area contributed by atoms with Crippen molar-refractivity contribution >= 4 is 34.2 Å². The van der Waals surface area contributed by atoms with Crippen LogP contribution in [-0.2, 0) is 11.8 Å². The summed E-state index contributed by atoms with van der Waals surface area (Å²) < 4.78 is 1.06. The molecule has 0 heterocycles. The van der Waals surface area contributed by atoms with Gasteiger partial charge in [-0.3, -0.25) is 0 Å². The molecule has 0 saturated heterocycles. The number of nitrogens with two attached hydrogens (primary N) is 1. The average Bonchev–Trinajstić information content (AvgIpc) is 2.41. The second-order valence-electron chi connectivity index (χ2n) is 6.43. The van der Waals surface area contributed by atoms with Gasteiger partial charge in [-0.15, -0.1) is 0 Å². The van der Waals surface area contributed by atoms with Gasteiger partial charge in [0.2, 0.25) is 0 Å². The SMILES string of the molecule is CC(C)(C)c1ccc(CC(N)c2ccc(I)c(Cl)c2)cc1. The molecule has 2 aromatic carbocycles. The molecule has 0 fully saturated rings. The molecule has 2 rings (SSSR count). The second kappa shape index (κ2) is 6.67. The standard InChI is InChI=1S/C18H21ClIN/c1-18(2,3)14-7-4-12(5-8-14)10-17(21)13-6-9-16(20)15(19)11-13/h4-9,11,17H,10,21H2,1-3H3. The fourth-order valence-corrected chi connectivity index (χ4v) is 2.78. The number of hydrogen-bond donors (Lipinski definition) is 1. The normalized spacial score (nSPS) is 13.2. The molecule has 2 aromatic rings. The van der Waals surface area contributed by atoms with Crippen molar-refractivity contribution in [2.24, 2.45) is 5.73 Å². The van der Waals surface area contributed by atoms with Crippen LogP contribution in [0.25, 0.3) is 0 Å². The Balaban J connectivity index is 2.12.